The third kappa shape index (κ3) is 2.57. The molecular formula is C22H25FN2O3. The molecule has 1 atom stereocenters. The number of fused-ring (bicyclic) bond motifs is 1. The number of rotatable bonds is 4. The molecule has 2 aliphatic carbocycles. The molecule has 3 fully saturated rings. The molecule has 3 aliphatic rings. The van der Waals surface area contributed by atoms with Gasteiger partial charge in [0.25, 0.3) is 5.56 Å². The van der Waals surface area contributed by atoms with Gasteiger partial charge in [-0.15, -0.1) is 0 Å². The number of aromatic nitrogens is 1. The quantitative estimate of drug-likeness (QED) is 0.862. The maximum absolute atomic E-state index is 15.2. The SMILES string of the molecule is Cc1c(N2CCC(C3(C)CC3)C2)c(F)cc2cc(C(=O)O)c(=O)n(C3CC3)c12. The van der Waals surface area contributed by atoms with Crippen molar-refractivity contribution in [3.63, 3.8) is 0 Å². The number of hydrogen-bond acceptors (Lipinski definition) is 3. The molecule has 1 aromatic heterocycles. The molecule has 0 radical (unpaired) electrons. The minimum atomic E-state index is -1.26. The summed E-state index contributed by atoms with van der Waals surface area (Å²) in [6, 6.07) is 2.76. The summed E-state index contributed by atoms with van der Waals surface area (Å²) in [4.78, 5) is 26.5. The Morgan fingerprint density at radius 2 is 1.96 bits per heavy atom. The number of carbonyl (C=O) groups is 1. The van der Waals surface area contributed by atoms with Crippen LogP contribution in [0, 0.1) is 24.1 Å². The van der Waals surface area contributed by atoms with Crippen LogP contribution in [-0.2, 0) is 0 Å². The Morgan fingerprint density at radius 1 is 1.25 bits per heavy atom. The summed E-state index contributed by atoms with van der Waals surface area (Å²) in [5, 5.41) is 9.91. The predicted molar refractivity (Wildman–Crippen MR) is 106 cm³/mol. The van der Waals surface area contributed by atoms with Crippen LogP contribution in [0.1, 0.15) is 61.0 Å². The normalized spacial score (nSPS) is 23.4. The minimum absolute atomic E-state index is 0.0167. The molecule has 2 heterocycles. The van der Waals surface area contributed by atoms with Crippen molar-refractivity contribution in [1.82, 2.24) is 4.57 Å². The Balaban J connectivity index is 1.68. The van der Waals surface area contributed by atoms with Crippen molar-refractivity contribution in [2.45, 2.75) is 52.0 Å². The molecule has 2 saturated carbocycles. The van der Waals surface area contributed by atoms with Crippen molar-refractivity contribution in [3.05, 3.63) is 39.4 Å². The second kappa shape index (κ2) is 5.82. The van der Waals surface area contributed by atoms with E-state index in [9.17, 15) is 14.7 Å². The van der Waals surface area contributed by atoms with Gasteiger partial charge < -0.3 is 14.6 Å². The minimum Gasteiger partial charge on any atom is -0.477 e. The number of aromatic carboxylic acids is 1. The van der Waals surface area contributed by atoms with Crippen molar-refractivity contribution in [1.29, 1.82) is 0 Å². The Labute approximate surface area is 162 Å². The van der Waals surface area contributed by atoms with Crippen LogP contribution in [0.5, 0.6) is 0 Å². The van der Waals surface area contributed by atoms with Gasteiger partial charge in [-0.2, -0.15) is 0 Å². The van der Waals surface area contributed by atoms with E-state index in [0.29, 0.717) is 27.9 Å². The van der Waals surface area contributed by atoms with E-state index < -0.39 is 11.5 Å². The maximum Gasteiger partial charge on any atom is 0.341 e. The van der Waals surface area contributed by atoms with Crippen molar-refractivity contribution in [2.75, 3.05) is 18.0 Å². The van der Waals surface area contributed by atoms with Crippen LogP contribution < -0.4 is 10.5 Å². The number of carboxylic acids is 1. The van der Waals surface area contributed by atoms with E-state index in [-0.39, 0.29) is 17.4 Å². The largest absolute Gasteiger partial charge is 0.477 e. The molecule has 6 heteroatoms. The van der Waals surface area contributed by atoms with Gasteiger partial charge in [-0.1, -0.05) is 6.92 Å². The Morgan fingerprint density at radius 3 is 2.57 bits per heavy atom. The number of hydrogen-bond donors (Lipinski definition) is 1. The van der Waals surface area contributed by atoms with Gasteiger partial charge in [0.05, 0.1) is 11.2 Å². The van der Waals surface area contributed by atoms with Crippen LogP contribution in [0.3, 0.4) is 0 Å². The molecule has 1 saturated heterocycles. The third-order valence-electron chi connectivity index (χ3n) is 7.15. The molecule has 1 aromatic carbocycles. The van der Waals surface area contributed by atoms with E-state index >= 15 is 4.39 Å². The van der Waals surface area contributed by atoms with Gasteiger partial charge in [-0.05, 0) is 68.1 Å². The molecule has 28 heavy (non-hydrogen) atoms. The van der Waals surface area contributed by atoms with E-state index in [1.54, 1.807) is 4.57 Å². The predicted octanol–water partition coefficient (Wildman–Crippen LogP) is 4.11. The summed E-state index contributed by atoms with van der Waals surface area (Å²) in [5.41, 5.74) is 1.66. The zero-order valence-corrected chi connectivity index (χ0v) is 16.3. The summed E-state index contributed by atoms with van der Waals surface area (Å²) in [5.74, 6) is -1.01. The van der Waals surface area contributed by atoms with Crippen LogP contribution in [0.25, 0.3) is 10.9 Å². The lowest BCUT2D eigenvalue weighted by Gasteiger charge is -2.25. The van der Waals surface area contributed by atoms with Crippen molar-refractivity contribution < 1.29 is 14.3 Å². The molecule has 0 spiro atoms. The van der Waals surface area contributed by atoms with Crippen LogP contribution in [0.2, 0.25) is 0 Å². The Kier molecular flexibility index (Phi) is 3.68. The summed E-state index contributed by atoms with van der Waals surface area (Å²) in [6.45, 7) is 5.86. The number of anilines is 1. The van der Waals surface area contributed by atoms with E-state index in [2.05, 4.69) is 11.8 Å². The van der Waals surface area contributed by atoms with Crippen molar-refractivity contribution in [3.8, 4) is 0 Å². The number of carboxylic acid groups (broad SMARTS) is 1. The number of nitrogens with zero attached hydrogens (tertiary/aromatic N) is 2. The fraction of sp³-hybridized carbons (Fsp3) is 0.545. The second-order valence-corrected chi connectivity index (χ2v) is 9.12. The summed E-state index contributed by atoms with van der Waals surface area (Å²) in [7, 11) is 0. The first-order valence-corrected chi connectivity index (χ1v) is 10.2. The highest BCUT2D eigenvalue weighted by atomic mass is 19.1. The summed E-state index contributed by atoms with van der Waals surface area (Å²) < 4.78 is 16.8. The fourth-order valence-corrected chi connectivity index (χ4v) is 5.02. The molecule has 5 rings (SSSR count). The zero-order valence-electron chi connectivity index (χ0n) is 16.3. The van der Waals surface area contributed by atoms with E-state index in [1.807, 2.05) is 6.92 Å². The molecule has 5 nitrogen and oxygen atoms in total. The van der Waals surface area contributed by atoms with Gasteiger partial charge in [0.1, 0.15) is 11.4 Å². The van der Waals surface area contributed by atoms with Crippen LogP contribution in [0.4, 0.5) is 10.1 Å². The molecular weight excluding hydrogens is 359 g/mol. The first-order chi connectivity index (χ1) is 13.3. The Hall–Kier alpha value is -2.37. The average molecular weight is 384 g/mol. The van der Waals surface area contributed by atoms with Gasteiger partial charge >= 0.3 is 5.97 Å². The van der Waals surface area contributed by atoms with Gasteiger partial charge in [0.2, 0.25) is 0 Å². The lowest BCUT2D eigenvalue weighted by Crippen LogP contribution is -2.28. The van der Waals surface area contributed by atoms with Gasteiger partial charge in [0, 0.05) is 24.5 Å². The van der Waals surface area contributed by atoms with Gasteiger partial charge in [0.15, 0.2) is 0 Å². The maximum atomic E-state index is 15.2. The molecule has 0 amide bonds. The standard InChI is InChI=1S/C22H25FN2O3/c1-12-18-13(9-16(21(27)28)20(26)25(18)15-3-4-15)10-17(23)19(12)24-8-5-14(11-24)22(2)6-7-22/h9-10,14-15H,3-8,11H2,1-2H3,(H,27,28). The highest BCUT2D eigenvalue weighted by molar-refractivity contribution is 5.95. The highest BCUT2D eigenvalue weighted by Crippen LogP contribution is 2.55. The average Bonchev–Trinajstić information content (AvgIpc) is 3.55. The zero-order chi connectivity index (χ0) is 19.8. The number of aryl methyl sites for hydroxylation is 1. The van der Waals surface area contributed by atoms with Gasteiger partial charge in [-0.25, -0.2) is 9.18 Å². The number of benzene rings is 1. The number of pyridine rings is 1. The second-order valence-electron chi connectivity index (χ2n) is 9.12. The van der Waals surface area contributed by atoms with Gasteiger partial charge in [-0.3, -0.25) is 4.79 Å². The highest BCUT2D eigenvalue weighted by Gasteiger charge is 2.47. The first kappa shape index (κ1) is 17.7. The molecule has 148 valence electrons. The molecule has 1 aliphatic heterocycles. The Bertz CT molecular complexity index is 1070. The van der Waals surface area contributed by atoms with Crippen molar-refractivity contribution in [2.24, 2.45) is 11.3 Å². The summed E-state index contributed by atoms with van der Waals surface area (Å²) in [6.07, 6.45) is 5.29. The van der Waals surface area contributed by atoms with Crippen LogP contribution in [-0.4, -0.2) is 28.7 Å². The van der Waals surface area contributed by atoms with Crippen molar-refractivity contribution >= 4 is 22.6 Å². The molecule has 1 unspecified atom stereocenters. The molecule has 1 N–H and O–H groups in total. The third-order valence-corrected chi connectivity index (χ3v) is 7.15. The smallest absolute Gasteiger partial charge is 0.341 e. The summed E-state index contributed by atoms with van der Waals surface area (Å²) >= 11 is 0. The van der Waals surface area contributed by atoms with E-state index in [4.69, 9.17) is 0 Å². The lowest BCUT2D eigenvalue weighted by atomic mass is 9.90. The van der Waals surface area contributed by atoms with E-state index in [1.165, 1.54) is 25.0 Å². The number of halogens is 1. The lowest BCUT2D eigenvalue weighted by molar-refractivity contribution is 0.0694. The van der Waals surface area contributed by atoms with E-state index in [0.717, 1.165) is 37.9 Å². The van der Waals surface area contributed by atoms with Crippen LogP contribution >= 0.6 is 0 Å². The molecule has 2 aromatic rings. The fourth-order valence-electron chi connectivity index (χ4n) is 5.02. The first-order valence-electron chi connectivity index (χ1n) is 10.2. The monoisotopic (exact) mass is 384 g/mol. The molecule has 0 bridgehead atoms. The van der Waals surface area contributed by atoms with Crippen LogP contribution in [0.15, 0.2) is 16.9 Å². The topological polar surface area (TPSA) is 62.5 Å².